The summed E-state index contributed by atoms with van der Waals surface area (Å²) in [6.07, 6.45) is 0. The minimum absolute atomic E-state index is 0.0205. The molecule has 154 valence electrons. The Morgan fingerprint density at radius 3 is 1.86 bits per heavy atom. The van der Waals surface area contributed by atoms with E-state index in [1.165, 1.54) is 7.11 Å². The van der Waals surface area contributed by atoms with Crippen molar-refractivity contribution in [3.63, 3.8) is 0 Å². The van der Waals surface area contributed by atoms with Crippen LogP contribution in [0.3, 0.4) is 0 Å². The molecule has 2 aromatic carbocycles. The van der Waals surface area contributed by atoms with Gasteiger partial charge in [0.05, 0.1) is 27.3 Å². The lowest BCUT2D eigenvalue weighted by atomic mass is 10.2. The summed E-state index contributed by atoms with van der Waals surface area (Å²) in [5.74, 6) is 0.0666. The molecule has 0 aliphatic rings. The summed E-state index contributed by atoms with van der Waals surface area (Å²) < 4.78 is 10.1. The van der Waals surface area contributed by atoms with E-state index in [4.69, 9.17) is 9.47 Å². The van der Waals surface area contributed by atoms with Gasteiger partial charge in [-0.25, -0.2) is 0 Å². The Bertz CT molecular complexity index is 834. The molecule has 2 rings (SSSR count). The number of ether oxygens (including phenoxy) is 2. The fraction of sp³-hybridized carbons (Fsp3) is 0.286. The monoisotopic (exact) mass is 399 g/mol. The molecule has 0 saturated carbocycles. The van der Waals surface area contributed by atoms with Crippen LogP contribution in [-0.2, 0) is 9.59 Å². The molecule has 0 heterocycles. The number of hydrogen-bond donors (Lipinski definition) is 2. The van der Waals surface area contributed by atoms with Crippen molar-refractivity contribution < 1.29 is 23.9 Å². The molecular formula is C21H25N3O5. The van der Waals surface area contributed by atoms with Crippen molar-refractivity contribution in [2.24, 2.45) is 0 Å². The summed E-state index contributed by atoms with van der Waals surface area (Å²) in [7, 11) is 3.10. The van der Waals surface area contributed by atoms with Gasteiger partial charge in [-0.3, -0.25) is 24.6 Å². The lowest BCUT2D eigenvalue weighted by molar-refractivity contribution is -0.122. The van der Waals surface area contributed by atoms with Crippen LogP contribution in [0.4, 0.5) is 5.69 Å². The Kier molecular flexibility index (Phi) is 8.17. The van der Waals surface area contributed by atoms with E-state index in [-0.39, 0.29) is 19.0 Å². The minimum atomic E-state index is -0.503. The van der Waals surface area contributed by atoms with E-state index >= 15 is 0 Å². The zero-order valence-corrected chi connectivity index (χ0v) is 16.7. The van der Waals surface area contributed by atoms with Crippen LogP contribution in [0.25, 0.3) is 0 Å². The maximum Gasteiger partial charge on any atom is 0.257 e. The van der Waals surface area contributed by atoms with E-state index in [1.807, 2.05) is 6.92 Å². The van der Waals surface area contributed by atoms with Crippen LogP contribution in [0.5, 0.6) is 11.5 Å². The lowest BCUT2D eigenvalue weighted by Gasteiger charge is -2.19. The Morgan fingerprint density at radius 1 is 0.828 bits per heavy atom. The van der Waals surface area contributed by atoms with Gasteiger partial charge < -0.3 is 14.8 Å². The van der Waals surface area contributed by atoms with Crippen LogP contribution in [0.1, 0.15) is 17.3 Å². The molecule has 0 bridgehead atoms. The van der Waals surface area contributed by atoms with Crippen molar-refractivity contribution in [1.82, 2.24) is 10.2 Å². The fourth-order valence-corrected chi connectivity index (χ4v) is 2.54. The predicted octanol–water partition coefficient (Wildman–Crippen LogP) is 1.92. The number of methoxy groups -OCH3 is 2. The summed E-state index contributed by atoms with van der Waals surface area (Å²) in [5, 5.41) is 5.09. The number of rotatable bonds is 9. The van der Waals surface area contributed by atoms with Crippen molar-refractivity contribution in [1.29, 1.82) is 0 Å². The Hall–Kier alpha value is -3.39. The van der Waals surface area contributed by atoms with Gasteiger partial charge in [-0.1, -0.05) is 6.92 Å². The van der Waals surface area contributed by atoms with Gasteiger partial charge in [0.25, 0.3) is 5.91 Å². The predicted molar refractivity (Wildman–Crippen MR) is 109 cm³/mol. The van der Waals surface area contributed by atoms with Crippen molar-refractivity contribution in [3.8, 4) is 11.5 Å². The molecule has 0 radical (unpaired) electrons. The maximum absolute atomic E-state index is 12.2. The topological polar surface area (TPSA) is 97.0 Å². The third-order valence-electron chi connectivity index (χ3n) is 4.16. The first-order valence-corrected chi connectivity index (χ1v) is 9.09. The number of anilines is 1. The van der Waals surface area contributed by atoms with E-state index in [1.54, 1.807) is 60.5 Å². The first-order chi connectivity index (χ1) is 13.9. The van der Waals surface area contributed by atoms with Gasteiger partial charge >= 0.3 is 0 Å². The Balaban J connectivity index is 1.84. The second-order valence-corrected chi connectivity index (χ2v) is 6.19. The lowest BCUT2D eigenvalue weighted by Crippen LogP contribution is -2.42. The van der Waals surface area contributed by atoms with Crippen molar-refractivity contribution in [3.05, 3.63) is 54.1 Å². The maximum atomic E-state index is 12.2. The van der Waals surface area contributed by atoms with Crippen LogP contribution >= 0.6 is 0 Å². The van der Waals surface area contributed by atoms with Gasteiger partial charge in [0.2, 0.25) is 11.8 Å². The molecule has 3 amide bonds. The molecule has 0 aliphatic heterocycles. The van der Waals surface area contributed by atoms with Crippen LogP contribution in [0.2, 0.25) is 0 Å². The highest BCUT2D eigenvalue weighted by Gasteiger charge is 2.16. The molecular weight excluding hydrogens is 374 g/mol. The highest BCUT2D eigenvalue weighted by Crippen LogP contribution is 2.15. The Labute approximate surface area is 169 Å². The van der Waals surface area contributed by atoms with Gasteiger partial charge in [-0.05, 0) is 55.1 Å². The molecule has 0 fully saturated rings. The normalized spacial score (nSPS) is 10.3. The van der Waals surface area contributed by atoms with Crippen LogP contribution in [-0.4, -0.2) is 56.5 Å². The number of carbonyl (C=O) groups is 3. The van der Waals surface area contributed by atoms with Gasteiger partial charge in [-0.2, -0.15) is 0 Å². The van der Waals surface area contributed by atoms with Crippen molar-refractivity contribution in [2.75, 3.05) is 39.2 Å². The second kappa shape index (κ2) is 10.8. The van der Waals surface area contributed by atoms with Crippen molar-refractivity contribution >= 4 is 23.4 Å². The largest absolute Gasteiger partial charge is 0.497 e. The van der Waals surface area contributed by atoms with Crippen LogP contribution in [0.15, 0.2) is 48.5 Å². The standard InChI is InChI=1S/C21H25N3O5/c1-4-24(13-19(25)22-16-7-11-18(29-3)12-8-16)14-20(26)23-21(27)15-5-9-17(28-2)10-6-15/h5-12H,4,13-14H2,1-3H3,(H,22,25)(H,23,26,27). The molecule has 0 unspecified atom stereocenters. The van der Waals surface area contributed by atoms with Crippen LogP contribution < -0.4 is 20.1 Å². The number of amides is 3. The zero-order valence-electron chi connectivity index (χ0n) is 16.7. The Morgan fingerprint density at radius 2 is 1.34 bits per heavy atom. The van der Waals surface area contributed by atoms with Gasteiger partial charge in [0.15, 0.2) is 0 Å². The highest BCUT2D eigenvalue weighted by atomic mass is 16.5. The number of carbonyl (C=O) groups excluding carboxylic acids is 3. The first-order valence-electron chi connectivity index (χ1n) is 9.09. The molecule has 29 heavy (non-hydrogen) atoms. The number of hydrogen-bond acceptors (Lipinski definition) is 6. The molecule has 0 aromatic heterocycles. The van der Waals surface area contributed by atoms with Gasteiger partial charge in [-0.15, -0.1) is 0 Å². The number of nitrogens with one attached hydrogen (secondary N) is 2. The summed E-state index contributed by atoms with van der Waals surface area (Å²) in [6, 6.07) is 13.4. The van der Waals surface area contributed by atoms with Crippen molar-refractivity contribution in [2.45, 2.75) is 6.92 Å². The number of imide groups is 1. The smallest absolute Gasteiger partial charge is 0.257 e. The summed E-state index contributed by atoms with van der Waals surface area (Å²) >= 11 is 0. The van der Waals surface area contributed by atoms with E-state index in [9.17, 15) is 14.4 Å². The first kappa shape index (κ1) is 21.9. The molecule has 0 aliphatic carbocycles. The molecule has 0 spiro atoms. The van der Waals surface area contributed by atoms with E-state index in [0.717, 1.165) is 0 Å². The third-order valence-corrected chi connectivity index (χ3v) is 4.16. The summed E-state index contributed by atoms with van der Waals surface area (Å²) in [5.41, 5.74) is 0.977. The molecule has 2 aromatic rings. The number of nitrogens with zero attached hydrogens (tertiary/aromatic N) is 1. The average Bonchev–Trinajstić information content (AvgIpc) is 2.73. The zero-order chi connectivity index (χ0) is 21.2. The number of likely N-dealkylation sites (N-methyl/N-ethyl adjacent to an activating group) is 1. The summed E-state index contributed by atoms with van der Waals surface area (Å²) in [4.78, 5) is 38.2. The summed E-state index contributed by atoms with van der Waals surface area (Å²) in [6.45, 7) is 2.25. The molecule has 8 nitrogen and oxygen atoms in total. The highest BCUT2D eigenvalue weighted by molar-refractivity contribution is 6.05. The van der Waals surface area contributed by atoms with Gasteiger partial charge in [0, 0.05) is 11.3 Å². The van der Waals surface area contributed by atoms with Gasteiger partial charge in [0.1, 0.15) is 11.5 Å². The molecule has 0 atom stereocenters. The molecule has 8 heteroatoms. The minimum Gasteiger partial charge on any atom is -0.497 e. The third kappa shape index (κ3) is 6.93. The average molecular weight is 399 g/mol. The van der Waals surface area contributed by atoms with E-state index < -0.39 is 11.8 Å². The molecule has 0 saturated heterocycles. The van der Waals surface area contributed by atoms with Crippen LogP contribution in [0, 0.1) is 0 Å². The fourth-order valence-electron chi connectivity index (χ4n) is 2.54. The second-order valence-electron chi connectivity index (χ2n) is 6.19. The quantitative estimate of drug-likeness (QED) is 0.669. The SMILES string of the molecule is CCN(CC(=O)NC(=O)c1ccc(OC)cc1)CC(=O)Nc1ccc(OC)cc1. The number of benzene rings is 2. The van der Waals surface area contributed by atoms with E-state index in [2.05, 4.69) is 10.6 Å². The van der Waals surface area contributed by atoms with E-state index in [0.29, 0.717) is 29.3 Å². The molecule has 2 N–H and O–H groups in total.